The van der Waals surface area contributed by atoms with E-state index in [1.807, 2.05) is 24.3 Å². The summed E-state index contributed by atoms with van der Waals surface area (Å²) in [6, 6.07) is 18.4. The highest BCUT2D eigenvalue weighted by atomic mass is 15.1. The van der Waals surface area contributed by atoms with Crippen LogP contribution in [0.3, 0.4) is 0 Å². The summed E-state index contributed by atoms with van der Waals surface area (Å²) in [5, 5.41) is 8.80. The number of hydrogen-bond donors (Lipinski definition) is 0. The van der Waals surface area contributed by atoms with Gasteiger partial charge in [-0.1, -0.05) is 24.3 Å². The first-order valence-electron chi connectivity index (χ1n) is 6.64. The van der Waals surface area contributed by atoms with Gasteiger partial charge in [-0.25, -0.2) is 0 Å². The van der Waals surface area contributed by atoms with Crippen LogP contribution in [-0.4, -0.2) is 13.1 Å². The molecule has 0 heterocycles. The van der Waals surface area contributed by atoms with Crippen molar-refractivity contribution in [2.24, 2.45) is 0 Å². The van der Waals surface area contributed by atoms with Crippen molar-refractivity contribution in [3.05, 3.63) is 54.1 Å². The molecule has 0 aliphatic heterocycles. The summed E-state index contributed by atoms with van der Waals surface area (Å²) in [6.45, 7) is 6.37. The summed E-state index contributed by atoms with van der Waals surface area (Å²) in [6.07, 6.45) is 0. The van der Waals surface area contributed by atoms with E-state index in [0.29, 0.717) is 5.56 Å². The first kappa shape index (κ1) is 13.2. The molecule has 2 rings (SSSR count). The Balaban J connectivity index is 2.24. The molecule has 96 valence electrons. The second-order valence-electron chi connectivity index (χ2n) is 4.41. The number of nitriles is 1. The van der Waals surface area contributed by atoms with Crippen molar-refractivity contribution in [1.29, 1.82) is 5.26 Å². The highest BCUT2D eigenvalue weighted by molar-refractivity contribution is 5.67. The van der Waals surface area contributed by atoms with Gasteiger partial charge >= 0.3 is 0 Å². The molecule has 0 saturated heterocycles. The molecule has 0 amide bonds. The molecule has 0 N–H and O–H groups in total. The van der Waals surface area contributed by atoms with Gasteiger partial charge < -0.3 is 4.90 Å². The van der Waals surface area contributed by atoms with Gasteiger partial charge in [0, 0.05) is 18.8 Å². The largest absolute Gasteiger partial charge is 0.372 e. The summed E-state index contributed by atoms with van der Waals surface area (Å²) in [5.41, 5.74) is 4.27. The van der Waals surface area contributed by atoms with Crippen LogP contribution < -0.4 is 4.90 Å². The Labute approximate surface area is 114 Å². The van der Waals surface area contributed by atoms with Crippen molar-refractivity contribution in [1.82, 2.24) is 0 Å². The highest BCUT2D eigenvalue weighted by Gasteiger charge is 2.02. The molecule has 0 radical (unpaired) electrons. The lowest BCUT2D eigenvalue weighted by molar-refractivity contribution is 0.866. The van der Waals surface area contributed by atoms with Crippen molar-refractivity contribution in [2.45, 2.75) is 13.8 Å². The Morgan fingerprint density at radius 3 is 1.74 bits per heavy atom. The third-order valence-corrected chi connectivity index (χ3v) is 3.34. The van der Waals surface area contributed by atoms with Crippen molar-refractivity contribution >= 4 is 5.69 Å². The van der Waals surface area contributed by atoms with Crippen LogP contribution in [0.15, 0.2) is 48.5 Å². The van der Waals surface area contributed by atoms with E-state index in [1.54, 1.807) is 0 Å². The lowest BCUT2D eigenvalue weighted by Crippen LogP contribution is -2.21. The molecule has 0 bridgehead atoms. The molecule has 2 aromatic carbocycles. The van der Waals surface area contributed by atoms with Gasteiger partial charge in [0.15, 0.2) is 0 Å². The molecule has 0 aromatic heterocycles. The number of rotatable bonds is 4. The summed E-state index contributed by atoms with van der Waals surface area (Å²) in [4.78, 5) is 2.32. The van der Waals surface area contributed by atoms with E-state index in [4.69, 9.17) is 5.26 Å². The summed E-state index contributed by atoms with van der Waals surface area (Å²) >= 11 is 0. The van der Waals surface area contributed by atoms with Crippen LogP contribution >= 0.6 is 0 Å². The van der Waals surface area contributed by atoms with Crippen molar-refractivity contribution in [3.8, 4) is 17.2 Å². The second-order valence-corrected chi connectivity index (χ2v) is 4.41. The molecule has 0 atom stereocenters. The van der Waals surface area contributed by atoms with E-state index in [2.05, 4.69) is 49.1 Å². The van der Waals surface area contributed by atoms with Crippen LogP contribution in [0, 0.1) is 11.3 Å². The Kier molecular flexibility index (Phi) is 4.20. The number of hydrogen-bond acceptors (Lipinski definition) is 2. The second kappa shape index (κ2) is 6.06. The van der Waals surface area contributed by atoms with Crippen LogP contribution in [0.2, 0.25) is 0 Å². The predicted molar refractivity (Wildman–Crippen MR) is 80.2 cm³/mol. The summed E-state index contributed by atoms with van der Waals surface area (Å²) in [5.74, 6) is 0. The van der Waals surface area contributed by atoms with Crippen molar-refractivity contribution in [2.75, 3.05) is 18.0 Å². The van der Waals surface area contributed by atoms with Gasteiger partial charge in [-0.3, -0.25) is 0 Å². The molecule has 2 aromatic rings. The van der Waals surface area contributed by atoms with Gasteiger partial charge in [-0.2, -0.15) is 5.26 Å². The third-order valence-electron chi connectivity index (χ3n) is 3.34. The van der Waals surface area contributed by atoms with E-state index in [9.17, 15) is 0 Å². The standard InChI is InChI=1S/C17H18N2/c1-3-19(4-2)17-11-9-16(10-12-17)15-7-5-14(13-18)6-8-15/h5-12H,3-4H2,1-2H3. The average Bonchev–Trinajstić information content (AvgIpc) is 2.49. The molecule has 0 spiro atoms. The first-order valence-corrected chi connectivity index (χ1v) is 6.64. The van der Waals surface area contributed by atoms with Gasteiger partial charge in [0.05, 0.1) is 11.6 Å². The minimum atomic E-state index is 0.698. The lowest BCUT2D eigenvalue weighted by Gasteiger charge is -2.21. The zero-order chi connectivity index (χ0) is 13.7. The fourth-order valence-electron chi connectivity index (χ4n) is 2.19. The normalized spacial score (nSPS) is 9.95. The maximum atomic E-state index is 8.80. The van der Waals surface area contributed by atoms with Gasteiger partial charge in [0.2, 0.25) is 0 Å². The summed E-state index contributed by atoms with van der Waals surface area (Å²) in [7, 11) is 0. The van der Waals surface area contributed by atoms with Crippen LogP contribution in [-0.2, 0) is 0 Å². The van der Waals surface area contributed by atoms with Crippen molar-refractivity contribution < 1.29 is 0 Å². The smallest absolute Gasteiger partial charge is 0.0991 e. The van der Waals surface area contributed by atoms with Crippen LogP contribution in [0.4, 0.5) is 5.69 Å². The molecule has 2 nitrogen and oxygen atoms in total. The minimum absolute atomic E-state index is 0.698. The van der Waals surface area contributed by atoms with Crippen LogP contribution in [0.25, 0.3) is 11.1 Å². The lowest BCUT2D eigenvalue weighted by atomic mass is 10.0. The van der Waals surface area contributed by atoms with E-state index in [0.717, 1.165) is 18.7 Å². The predicted octanol–water partition coefficient (Wildman–Crippen LogP) is 4.07. The number of benzene rings is 2. The Bertz CT molecular complexity index is 558. The van der Waals surface area contributed by atoms with Gasteiger partial charge in [-0.15, -0.1) is 0 Å². The molecule has 0 unspecified atom stereocenters. The maximum Gasteiger partial charge on any atom is 0.0991 e. The van der Waals surface area contributed by atoms with Crippen LogP contribution in [0.5, 0.6) is 0 Å². The third kappa shape index (κ3) is 2.95. The Morgan fingerprint density at radius 2 is 1.32 bits per heavy atom. The minimum Gasteiger partial charge on any atom is -0.372 e. The van der Waals surface area contributed by atoms with E-state index in [-0.39, 0.29) is 0 Å². The summed E-state index contributed by atoms with van der Waals surface area (Å²) < 4.78 is 0. The van der Waals surface area contributed by atoms with Gasteiger partial charge in [0.1, 0.15) is 0 Å². The fraction of sp³-hybridized carbons (Fsp3) is 0.235. The molecular formula is C17H18N2. The van der Waals surface area contributed by atoms with Gasteiger partial charge in [-0.05, 0) is 49.2 Å². The van der Waals surface area contributed by atoms with E-state index in [1.165, 1.54) is 11.3 Å². The average molecular weight is 250 g/mol. The number of nitrogens with zero attached hydrogens (tertiary/aromatic N) is 2. The monoisotopic (exact) mass is 250 g/mol. The maximum absolute atomic E-state index is 8.80. The SMILES string of the molecule is CCN(CC)c1ccc(-c2ccc(C#N)cc2)cc1. The molecule has 19 heavy (non-hydrogen) atoms. The van der Waals surface area contributed by atoms with Crippen LogP contribution in [0.1, 0.15) is 19.4 Å². The van der Waals surface area contributed by atoms with Crippen molar-refractivity contribution in [3.63, 3.8) is 0 Å². The highest BCUT2D eigenvalue weighted by Crippen LogP contribution is 2.23. The fourth-order valence-corrected chi connectivity index (χ4v) is 2.19. The molecule has 0 fully saturated rings. The molecule has 2 heteroatoms. The Morgan fingerprint density at radius 1 is 0.842 bits per heavy atom. The number of anilines is 1. The first-order chi connectivity index (χ1) is 9.28. The van der Waals surface area contributed by atoms with E-state index >= 15 is 0 Å². The Hall–Kier alpha value is -2.27. The molecular weight excluding hydrogens is 232 g/mol. The van der Waals surface area contributed by atoms with E-state index < -0.39 is 0 Å². The topological polar surface area (TPSA) is 27.0 Å². The zero-order valence-electron chi connectivity index (χ0n) is 11.4. The molecule has 0 aliphatic rings. The molecule has 0 aliphatic carbocycles. The van der Waals surface area contributed by atoms with Gasteiger partial charge in [0.25, 0.3) is 0 Å². The quantitative estimate of drug-likeness (QED) is 0.817. The molecule has 0 saturated carbocycles. The zero-order valence-corrected chi connectivity index (χ0v) is 11.4.